The van der Waals surface area contributed by atoms with Crippen LogP contribution in [0.2, 0.25) is 0 Å². The molecule has 1 aromatic heterocycles. The first-order chi connectivity index (χ1) is 9.75. The first-order valence-electron chi connectivity index (χ1n) is 6.57. The van der Waals surface area contributed by atoms with Crippen LogP contribution in [0.1, 0.15) is 11.5 Å². The third-order valence-electron chi connectivity index (χ3n) is 3.56. The number of aliphatic carboxylic acids is 1. The van der Waals surface area contributed by atoms with Crippen LogP contribution < -0.4 is 0 Å². The predicted octanol–water partition coefficient (Wildman–Crippen LogP) is 3.51. The highest BCUT2D eigenvalue weighted by Gasteiger charge is 2.20. The fraction of sp³-hybridized carbons (Fsp3) is 0.118. The molecule has 0 saturated carbocycles. The Morgan fingerprint density at radius 1 is 1.00 bits per heavy atom. The fourth-order valence-corrected chi connectivity index (χ4v) is 2.51. The molecule has 0 spiro atoms. The second-order valence-electron chi connectivity index (χ2n) is 4.83. The maximum atomic E-state index is 11.5. The third kappa shape index (κ3) is 2.30. The number of hydrogen-bond donors (Lipinski definition) is 1. The molecule has 3 nitrogen and oxygen atoms in total. The lowest BCUT2D eigenvalue weighted by Gasteiger charge is -2.14. The van der Waals surface area contributed by atoms with E-state index in [1.54, 1.807) is 0 Å². The van der Waals surface area contributed by atoms with Crippen LogP contribution in [0.25, 0.3) is 10.9 Å². The van der Waals surface area contributed by atoms with Crippen molar-refractivity contribution in [2.24, 2.45) is 0 Å². The number of rotatable bonds is 4. The highest BCUT2D eigenvalue weighted by Crippen LogP contribution is 2.22. The van der Waals surface area contributed by atoms with Crippen molar-refractivity contribution in [3.05, 3.63) is 72.4 Å². The number of carboxylic acid groups (broad SMARTS) is 1. The first kappa shape index (κ1) is 12.5. The molecule has 3 heteroatoms. The fourth-order valence-electron chi connectivity index (χ4n) is 2.51. The lowest BCUT2D eigenvalue weighted by molar-refractivity contribution is -0.139. The minimum Gasteiger partial charge on any atom is -0.481 e. The van der Waals surface area contributed by atoms with Crippen LogP contribution in [0.3, 0.4) is 0 Å². The lowest BCUT2D eigenvalue weighted by Crippen LogP contribution is -2.17. The second kappa shape index (κ2) is 5.21. The van der Waals surface area contributed by atoms with Crippen molar-refractivity contribution in [3.8, 4) is 0 Å². The Kier molecular flexibility index (Phi) is 3.25. The third-order valence-corrected chi connectivity index (χ3v) is 3.56. The molecular formula is C17H15NO2. The van der Waals surface area contributed by atoms with Crippen molar-refractivity contribution in [1.82, 2.24) is 4.57 Å². The molecule has 0 aliphatic carbocycles. The first-order valence-corrected chi connectivity index (χ1v) is 6.57. The molecule has 2 aromatic carbocycles. The van der Waals surface area contributed by atoms with Gasteiger partial charge in [-0.1, -0.05) is 48.5 Å². The topological polar surface area (TPSA) is 42.2 Å². The van der Waals surface area contributed by atoms with Crippen molar-refractivity contribution in [2.45, 2.75) is 12.5 Å². The molecule has 0 bridgehead atoms. The van der Waals surface area contributed by atoms with Crippen LogP contribution in [-0.2, 0) is 11.3 Å². The van der Waals surface area contributed by atoms with E-state index in [2.05, 4.69) is 0 Å². The highest BCUT2D eigenvalue weighted by molar-refractivity contribution is 5.81. The summed E-state index contributed by atoms with van der Waals surface area (Å²) < 4.78 is 2.00. The number of carboxylic acids is 1. The number of hydrogen-bond acceptors (Lipinski definition) is 1. The van der Waals surface area contributed by atoms with E-state index in [4.69, 9.17) is 0 Å². The Labute approximate surface area is 117 Å². The van der Waals surface area contributed by atoms with Crippen molar-refractivity contribution < 1.29 is 9.90 Å². The average Bonchev–Trinajstić information content (AvgIpc) is 2.88. The summed E-state index contributed by atoms with van der Waals surface area (Å²) in [5.74, 6) is -1.33. The van der Waals surface area contributed by atoms with Crippen molar-refractivity contribution in [1.29, 1.82) is 0 Å². The van der Waals surface area contributed by atoms with Gasteiger partial charge < -0.3 is 9.67 Å². The van der Waals surface area contributed by atoms with Crippen molar-refractivity contribution in [3.63, 3.8) is 0 Å². The molecule has 0 aliphatic rings. The maximum absolute atomic E-state index is 11.5. The van der Waals surface area contributed by atoms with E-state index in [0.717, 1.165) is 16.5 Å². The quantitative estimate of drug-likeness (QED) is 0.784. The van der Waals surface area contributed by atoms with Gasteiger partial charge in [0.05, 0.1) is 5.92 Å². The van der Waals surface area contributed by atoms with Crippen LogP contribution in [0.15, 0.2) is 66.9 Å². The minimum absolute atomic E-state index is 0.437. The summed E-state index contributed by atoms with van der Waals surface area (Å²) in [6, 6.07) is 19.4. The van der Waals surface area contributed by atoms with E-state index in [-0.39, 0.29) is 0 Å². The van der Waals surface area contributed by atoms with Gasteiger partial charge in [0.15, 0.2) is 0 Å². The summed E-state index contributed by atoms with van der Waals surface area (Å²) in [6.07, 6.45) is 1.95. The van der Waals surface area contributed by atoms with Gasteiger partial charge in [0, 0.05) is 18.3 Å². The van der Waals surface area contributed by atoms with Crippen LogP contribution in [0.5, 0.6) is 0 Å². The Balaban J connectivity index is 1.97. The molecule has 1 N–H and O–H groups in total. The number of nitrogens with zero attached hydrogens (tertiary/aromatic N) is 1. The lowest BCUT2D eigenvalue weighted by atomic mass is 9.99. The molecule has 1 unspecified atom stereocenters. The molecule has 0 aliphatic heterocycles. The molecule has 3 rings (SSSR count). The molecule has 3 aromatic rings. The average molecular weight is 265 g/mol. The van der Waals surface area contributed by atoms with Gasteiger partial charge in [-0.2, -0.15) is 0 Å². The number of carbonyl (C=O) groups is 1. The largest absolute Gasteiger partial charge is 0.481 e. The van der Waals surface area contributed by atoms with Crippen molar-refractivity contribution in [2.75, 3.05) is 0 Å². The summed E-state index contributed by atoms with van der Waals surface area (Å²) >= 11 is 0. The Hall–Kier alpha value is -2.55. The summed E-state index contributed by atoms with van der Waals surface area (Å²) in [4.78, 5) is 11.5. The Bertz CT molecular complexity index is 731. The molecule has 100 valence electrons. The van der Waals surface area contributed by atoms with Crippen LogP contribution >= 0.6 is 0 Å². The zero-order valence-electron chi connectivity index (χ0n) is 10.9. The maximum Gasteiger partial charge on any atom is 0.312 e. The SMILES string of the molecule is O=C(O)C(Cn1ccc2ccccc21)c1ccccc1. The van der Waals surface area contributed by atoms with Crippen molar-refractivity contribution >= 4 is 16.9 Å². The Morgan fingerprint density at radius 3 is 2.45 bits per heavy atom. The summed E-state index contributed by atoms with van der Waals surface area (Å²) in [7, 11) is 0. The molecule has 20 heavy (non-hydrogen) atoms. The molecule has 0 saturated heterocycles. The van der Waals surface area contributed by atoms with E-state index >= 15 is 0 Å². The van der Waals surface area contributed by atoms with Gasteiger partial charge in [0.2, 0.25) is 0 Å². The Morgan fingerprint density at radius 2 is 1.70 bits per heavy atom. The smallest absolute Gasteiger partial charge is 0.312 e. The van der Waals surface area contributed by atoms with E-state index in [0.29, 0.717) is 6.54 Å². The summed E-state index contributed by atoms with van der Waals surface area (Å²) in [6.45, 7) is 0.437. The molecule has 1 heterocycles. The van der Waals surface area contributed by atoms with Gasteiger partial charge >= 0.3 is 5.97 Å². The number of benzene rings is 2. The van der Waals surface area contributed by atoms with Gasteiger partial charge in [-0.05, 0) is 23.1 Å². The molecule has 0 radical (unpaired) electrons. The second-order valence-corrected chi connectivity index (χ2v) is 4.83. The van der Waals surface area contributed by atoms with Gasteiger partial charge in [-0.15, -0.1) is 0 Å². The van der Waals surface area contributed by atoms with Crippen LogP contribution in [0, 0.1) is 0 Å². The van der Waals surface area contributed by atoms with Gasteiger partial charge in [0.25, 0.3) is 0 Å². The zero-order valence-corrected chi connectivity index (χ0v) is 10.9. The monoisotopic (exact) mass is 265 g/mol. The highest BCUT2D eigenvalue weighted by atomic mass is 16.4. The zero-order chi connectivity index (χ0) is 13.9. The van der Waals surface area contributed by atoms with E-state index in [1.807, 2.05) is 71.4 Å². The standard InChI is InChI=1S/C17H15NO2/c19-17(20)15(13-6-2-1-3-7-13)12-18-11-10-14-8-4-5-9-16(14)18/h1-11,15H,12H2,(H,19,20). The number of fused-ring (bicyclic) bond motifs is 1. The number of para-hydroxylation sites is 1. The summed E-state index contributed by atoms with van der Waals surface area (Å²) in [5, 5.41) is 10.6. The molecule has 0 fully saturated rings. The van der Waals surface area contributed by atoms with E-state index in [1.165, 1.54) is 0 Å². The van der Waals surface area contributed by atoms with Gasteiger partial charge in [0.1, 0.15) is 0 Å². The van der Waals surface area contributed by atoms with Gasteiger partial charge in [-0.25, -0.2) is 0 Å². The van der Waals surface area contributed by atoms with Crippen LogP contribution in [-0.4, -0.2) is 15.6 Å². The minimum atomic E-state index is -0.797. The van der Waals surface area contributed by atoms with Crippen LogP contribution in [0.4, 0.5) is 0 Å². The molecular weight excluding hydrogens is 250 g/mol. The predicted molar refractivity (Wildman–Crippen MR) is 78.8 cm³/mol. The van der Waals surface area contributed by atoms with Gasteiger partial charge in [-0.3, -0.25) is 4.79 Å². The van der Waals surface area contributed by atoms with E-state index in [9.17, 15) is 9.90 Å². The summed E-state index contributed by atoms with van der Waals surface area (Å²) in [5.41, 5.74) is 1.90. The van der Waals surface area contributed by atoms with E-state index < -0.39 is 11.9 Å². The number of aromatic nitrogens is 1. The molecule has 1 atom stereocenters. The normalized spacial score (nSPS) is 12.4. The molecule has 0 amide bonds.